The van der Waals surface area contributed by atoms with Crippen molar-refractivity contribution >= 4 is 27.8 Å². The lowest BCUT2D eigenvalue weighted by atomic mass is 10.1. The zero-order chi connectivity index (χ0) is 14.2. The van der Waals surface area contributed by atoms with Crippen LogP contribution in [0.4, 0.5) is 0 Å². The van der Waals surface area contributed by atoms with Crippen LogP contribution in [-0.4, -0.2) is 41.5 Å². The number of carbonyl (C=O) groups is 1. The number of carboxylic acid groups (broad SMARTS) is 1. The Balaban J connectivity index is 2.42. The van der Waals surface area contributed by atoms with E-state index in [0.717, 1.165) is 15.4 Å². The van der Waals surface area contributed by atoms with Crippen molar-refractivity contribution in [3.63, 3.8) is 0 Å². The molecule has 0 spiro atoms. The lowest BCUT2D eigenvalue weighted by Crippen LogP contribution is -2.41. The highest BCUT2D eigenvalue weighted by atomic mass is 32.2. The zero-order valence-corrected chi connectivity index (χ0v) is 12.3. The molecule has 1 N–H and O–H groups in total. The fourth-order valence-electron chi connectivity index (χ4n) is 1.87. The summed E-state index contributed by atoms with van der Waals surface area (Å²) in [5.41, 5.74) is 1.88. The highest BCUT2D eigenvalue weighted by molar-refractivity contribution is 8.00. The molecule has 1 aliphatic rings. The summed E-state index contributed by atoms with van der Waals surface area (Å²) in [5.74, 6) is -0.622. The van der Waals surface area contributed by atoms with Gasteiger partial charge < -0.3 is 5.11 Å². The minimum atomic E-state index is -3.74. The van der Waals surface area contributed by atoms with E-state index in [-0.39, 0.29) is 10.8 Å². The summed E-state index contributed by atoms with van der Waals surface area (Å²) in [6.07, 6.45) is 0. The first-order valence-electron chi connectivity index (χ1n) is 5.73. The van der Waals surface area contributed by atoms with E-state index < -0.39 is 22.0 Å². The number of rotatable bonds is 3. The molecule has 7 heteroatoms. The molecule has 0 aliphatic carbocycles. The van der Waals surface area contributed by atoms with Crippen molar-refractivity contribution in [3.05, 3.63) is 29.3 Å². The van der Waals surface area contributed by atoms with Crippen LogP contribution in [0.3, 0.4) is 0 Å². The summed E-state index contributed by atoms with van der Waals surface area (Å²) in [7, 11) is -3.74. The number of nitrogens with zero attached hydrogens (tertiary/aromatic N) is 1. The molecule has 0 radical (unpaired) electrons. The van der Waals surface area contributed by atoms with Gasteiger partial charge >= 0.3 is 5.97 Å². The number of hydrogen-bond donors (Lipinski definition) is 1. The van der Waals surface area contributed by atoms with E-state index in [9.17, 15) is 13.2 Å². The van der Waals surface area contributed by atoms with Crippen LogP contribution in [-0.2, 0) is 14.8 Å². The maximum atomic E-state index is 12.5. The van der Waals surface area contributed by atoms with Gasteiger partial charge in [-0.2, -0.15) is 4.31 Å². The third-order valence-electron chi connectivity index (χ3n) is 3.21. The number of thioether (sulfide) groups is 1. The van der Waals surface area contributed by atoms with Gasteiger partial charge in [-0.05, 0) is 37.1 Å². The zero-order valence-electron chi connectivity index (χ0n) is 10.7. The highest BCUT2D eigenvalue weighted by Crippen LogP contribution is 2.29. The lowest BCUT2D eigenvalue weighted by molar-refractivity contribution is -0.140. The summed E-state index contributed by atoms with van der Waals surface area (Å²) in [6, 6.07) is 3.88. The van der Waals surface area contributed by atoms with Gasteiger partial charge in [-0.1, -0.05) is 6.07 Å². The Hall–Kier alpha value is -1.05. The molecule has 1 unspecified atom stereocenters. The Kier molecular flexibility index (Phi) is 3.89. The minimum Gasteiger partial charge on any atom is -0.480 e. The van der Waals surface area contributed by atoms with Gasteiger partial charge in [0.25, 0.3) is 0 Å². The molecule has 0 saturated carbocycles. The largest absolute Gasteiger partial charge is 0.480 e. The van der Waals surface area contributed by atoms with Gasteiger partial charge in [0, 0.05) is 5.75 Å². The van der Waals surface area contributed by atoms with Crippen molar-refractivity contribution in [3.8, 4) is 0 Å². The van der Waals surface area contributed by atoms with Gasteiger partial charge in [0.05, 0.1) is 10.8 Å². The van der Waals surface area contributed by atoms with Crippen LogP contribution >= 0.6 is 11.8 Å². The van der Waals surface area contributed by atoms with Crippen LogP contribution in [0.5, 0.6) is 0 Å². The van der Waals surface area contributed by atoms with E-state index in [1.54, 1.807) is 12.1 Å². The predicted octanol–water partition coefficient (Wildman–Crippen LogP) is 1.45. The second-order valence-electron chi connectivity index (χ2n) is 4.49. The molecule has 1 aromatic carbocycles. The van der Waals surface area contributed by atoms with Crippen molar-refractivity contribution in [1.29, 1.82) is 0 Å². The van der Waals surface area contributed by atoms with Crippen LogP contribution in [0.1, 0.15) is 11.1 Å². The van der Waals surface area contributed by atoms with Gasteiger partial charge in [-0.15, -0.1) is 11.8 Å². The number of benzene rings is 1. The van der Waals surface area contributed by atoms with E-state index in [1.165, 1.54) is 17.8 Å². The molecular formula is C12H15NO4S2. The highest BCUT2D eigenvalue weighted by Gasteiger charge is 2.40. The third kappa shape index (κ3) is 2.63. The van der Waals surface area contributed by atoms with E-state index in [0.29, 0.717) is 5.75 Å². The molecule has 1 atom stereocenters. The van der Waals surface area contributed by atoms with Crippen LogP contribution in [0.15, 0.2) is 23.1 Å². The molecule has 1 heterocycles. The Morgan fingerprint density at radius 3 is 2.63 bits per heavy atom. The molecule has 19 heavy (non-hydrogen) atoms. The normalized spacial score (nSPS) is 20.6. The van der Waals surface area contributed by atoms with Gasteiger partial charge in [0.2, 0.25) is 10.0 Å². The van der Waals surface area contributed by atoms with Crippen molar-refractivity contribution < 1.29 is 18.3 Å². The number of carboxylic acids is 1. The van der Waals surface area contributed by atoms with E-state index in [1.807, 2.05) is 13.8 Å². The first-order chi connectivity index (χ1) is 8.84. The van der Waals surface area contributed by atoms with Gasteiger partial charge in [0.1, 0.15) is 6.04 Å². The molecule has 1 aliphatic heterocycles. The van der Waals surface area contributed by atoms with Gasteiger partial charge in [-0.3, -0.25) is 4.79 Å². The van der Waals surface area contributed by atoms with E-state index >= 15 is 0 Å². The fourth-order valence-corrected chi connectivity index (χ4v) is 5.09. The predicted molar refractivity (Wildman–Crippen MR) is 73.7 cm³/mol. The topological polar surface area (TPSA) is 74.7 Å². The smallest absolute Gasteiger partial charge is 0.322 e. The average molecular weight is 301 g/mol. The minimum absolute atomic E-state index is 0.157. The van der Waals surface area contributed by atoms with Crippen LogP contribution in [0.25, 0.3) is 0 Å². The molecule has 1 saturated heterocycles. The Morgan fingerprint density at radius 1 is 1.37 bits per heavy atom. The van der Waals surface area contributed by atoms with Crippen molar-refractivity contribution in [2.24, 2.45) is 0 Å². The first kappa shape index (κ1) is 14.4. The summed E-state index contributed by atoms with van der Waals surface area (Å²) >= 11 is 1.31. The van der Waals surface area contributed by atoms with E-state index in [4.69, 9.17) is 5.11 Å². The van der Waals surface area contributed by atoms with Gasteiger partial charge in [-0.25, -0.2) is 8.42 Å². The number of aryl methyl sites for hydroxylation is 2. The Labute approximate surface area is 116 Å². The standard InChI is InChI=1S/C12H15NO4S2/c1-8-3-4-10(5-9(8)2)19(16,17)13-7-18-6-11(13)12(14)15/h3-5,11H,6-7H2,1-2H3,(H,14,15). The number of aliphatic carboxylic acids is 1. The average Bonchev–Trinajstić information content (AvgIpc) is 2.82. The Bertz CT molecular complexity index is 612. The molecule has 0 amide bonds. The van der Waals surface area contributed by atoms with Crippen molar-refractivity contribution in [2.75, 3.05) is 11.6 Å². The Morgan fingerprint density at radius 2 is 2.05 bits per heavy atom. The van der Waals surface area contributed by atoms with Crippen molar-refractivity contribution in [1.82, 2.24) is 4.31 Å². The summed E-state index contributed by atoms with van der Waals surface area (Å²) in [6.45, 7) is 3.74. The third-order valence-corrected chi connectivity index (χ3v) is 6.24. The first-order valence-corrected chi connectivity index (χ1v) is 8.33. The second kappa shape index (κ2) is 5.15. The van der Waals surface area contributed by atoms with Gasteiger partial charge in [0.15, 0.2) is 0 Å². The molecule has 104 valence electrons. The molecule has 0 aromatic heterocycles. The quantitative estimate of drug-likeness (QED) is 0.914. The number of sulfonamides is 1. The summed E-state index contributed by atoms with van der Waals surface area (Å²) in [5, 5.41) is 9.07. The summed E-state index contributed by atoms with van der Waals surface area (Å²) in [4.78, 5) is 11.2. The van der Waals surface area contributed by atoms with Crippen LogP contribution in [0, 0.1) is 13.8 Å². The molecule has 0 bridgehead atoms. The molecular weight excluding hydrogens is 286 g/mol. The lowest BCUT2D eigenvalue weighted by Gasteiger charge is -2.20. The van der Waals surface area contributed by atoms with Crippen molar-refractivity contribution in [2.45, 2.75) is 24.8 Å². The molecule has 1 aromatic rings. The fraction of sp³-hybridized carbons (Fsp3) is 0.417. The number of hydrogen-bond acceptors (Lipinski definition) is 4. The monoisotopic (exact) mass is 301 g/mol. The molecule has 2 rings (SSSR count). The SMILES string of the molecule is Cc1ccc(S(=O)(=O)N2CSCC2C(=O)O)cc1C. The summed E-state index contributed by atoms with van der Waals surface area (Å²) < 4.78 is 26.0. The molecule has 5 nitrogen and oxygen atoms in total. The maximum Gasteiger partial charge on any atom is 0.322 e. The van der Waals surface area contributed by atoms with Crippen LogP contribution in [0.2, 0.25) is 0 Å². The molecule has 1 fully saturated rings. The second-order valence-corrected chi connectivity index (χ2v) is 7.38. The maximum absolute atomic E-state index is 12.5. The van der Waals surface area contributed by atoms with Crippen LogP contribution < -0.4 is 0 Å². The van der Waals surface area contributed by atoms with E-state index in [2.05, 4.69) is 0 Å².